The lowest BCUT2D eigenvalue weighted by Gasteiger charge is -2.36. The number of hydrogen-bond donors (Lipinski definition) is 2. The van der Waals surface area contributed by atoms with Gasteiger partial charge < -0.3 is 15.4 Å². The maximum Gasteiger partial charge on any atom is 0.237 e. The van der Waals surface area contributed by atoms with Crippen molar-refractivity contribution < 1.29 is 9.53 Å². The van der Waals surface area contributed by atoms with E-state index in [4.69, 9.17) is 4.74 Å². The van der Waals surface area contributed by atoms with Crippen LogP contribution in [0.2, 0.25) is 0 Å². The number of hydrogen-bond acceptors (Lipinski definition) is 6. The van der Waals surface area contributed by atoms with Crippen molar-refractivity contribution in [1.29, 1.82) is 0 Å². The van der Waals surface area contributed by atoms with E-state index >= 15 is 0 Å². The zero-order valence-electron chi connectivity index (χ0n) is 12.9. The van der Waals surface area contributed by atoms with Crippen molar-refractivity contribution >= 4 is 11.7 Å². The number of rotatable bonds is 7. The summed E-state index contributed by atoms with van der Waals surface area (Å²) in [5.41, 5.74) is 0. The second-order valence-corrected chi connectivity index (χ2v) is 5.19. The summed E-state index contributed by atoms with van der Waals surface area (Å²) in [6.07, 6.45) is 3.33. The first-order valence-electron chi connectivity index (χ1n) is 7.46. The first kappa shape index (κ1) is 16.4. The van der Waals surface area contributed by atoms with Gasteiger partial charge in [-0.2, -0.15) is 5.10 Å². The average molecular weight is 305 g/mol. The van der Waals surface area contributed by atoms with Crippen molar-refractivity contribution in [3.63, 3.8) is 0 Å². The van der Waals surface area contributed by atoms with Gasteiger partial charge >= 0.3 is 0 Å². The normalized spacial score (nSPS) is 20.1. The van der Waals surface area contributed by atoms with Crippen molar-refractivity contribution in [2.75, 3.05) is 38.1 Å². The minimum atomic E-state index is -0.178. The van der Waals surface area contributed by atoms with Gasteiger partial charge in [-0.15, -0.1) is 11.7 Å². The number of morpholine rings is 1. The molecule has 0 aliphatic carbocycles. The third kappa shape index (κ3) is 4.78. The van der Waals surface area contributed by atoms with Gasteiger partial charge in [0, 0.05) is 32.4 Å². The van der Waals surface area contributed by atoms with Crippen LogP contribution >= 0.6 is 0 Å². The highest BCUT2D eigenvalue weighted by Gasteiger charge is 2.27. The predicted molar refractivity (Wildman–Crippen MR) is 84.5 cm³/mol. The number of carbonyl (C=O) groups excluding carboxylic acids is 1. The van der Waals surface area contributed by atoms with E-state index in [0.29, 0.717) is 26.2 Å². The fourth-order valence-corrected chi connectivity index (χ4v) is 2.32. The van der Waals surface area contributed by atoms with Crippen LogP contribution in [0.5, 0.6) is 0 Å². The third-order valence-electron chi connectivity index (χ3n) is 3.60. The van der Waals surface area contributed by atoms with Crippen LogP contribution < -0.4 is 10.6 Å². The van der Waals surface area contributed by atoms with Crippen molar-refractivity contribution in [3.05, 3.63) is 31.0 Å². The van der Waals surface area contributed by atoms with Crippen LogP contribution in [0.15, 0.2) is 31.0 Å². The number of anilines is 1. The summed E-state index contributed by atoms with van der Waals surface area (Å²) in [7, 11) is 0. The van der Waals surface area contributed by atoms with Crippen LogP contribution in [0.3, 0.4) is 0 Å². The molecule has 7 heteroatoms. The van der Waals surface area contributed by atoms with E-state index in [-0.39, 0.29) is 18.1 Å². The number of aromatic nitrogens is 2. The van der Waals surface area contributed by atoms with E-state index in [1.807, 2.05) is 19.1 Å². The highest BCUT2D eigenvalue weighted by Crippen LogP contribution is 2.10. The molecule has 2 heterocycles. The molecule has 7 nitrogen and oxygen atoms in total. The number of nitrogens with one attached hydrogen (secondary N) is 2. The third-order valence-corrected chi connectivity index (χ3v) is 3.60. The number of nitrogens with zero attached hydrogens (tertiary/aromatic N) is 3. The van der Waals surface area contributed by atoms with E-state index < -0.39 is 0 Å². The fraction of sp³-hybridized carbons (Fsp3) is 0.533. The van der Waals surface area contributed by atoms with Gasteiger partial charge in [0.25, 0.3) is 0 Å². The smallest absolute Gasteiger partial charge is 0.237 e. The van der Waals surface area contributed by atoms with E-state index in [1.54, 1.807) is 12.3 Å². The number of carbonyl (C=O) groups is 1. The van der Waals surface area contributed by atoms with Crippen LogP contribution in [-0.4, -0.2) is 65.9 Å². The summed E-state index contributed by atoms with van der Waals surface area (Å²) >= 11 is 0. The molecule has 0 unspecified atom stereocenters. The summed E-state index contributed by atoms with van der Waals surface area (Å²) in [6.45, 7) is 8.72. The van der Waals surface area contributed by atoms with Gasteiger partial charge in [-0.3, -0.25) is 9.69 Å². The van der Waals surface area contributed by atoms with Gasteiger partial charge in [0.05, 0.1) is 18.8 Å². The Bertz CT molecular complexity index is 482. The van der Waals surface area contributed by atoms with Crippen molar-refractivity contribution in [2.45, 2.75) is 19.1 Å². The molecular weight excluding hydrogens is 282 g/mol. The Balaban J connectivity index is 1.80. The molecule has 2 N–H and O–H groups in total. The molecule has 0 saturated carbocycles. The lowest BCUT2D eigenvalue weighted by Crippen LogP contribution is -2.53. The van der Waals surface area contributed by atoms with Gasteiger partial charge in [0.15, 0.2) is 0 Å². The second kappa shape index (κ2) is 8.45. The zero-order valence-corrected chi connectivity index (χ0v) is 12.9. The molecule has 2 atom stereocenters. The SMILES string of the molecule is C=CCNC(=O)[C@H](C)N1CCO[C@H](CNc2cccnn2)C1. The molecule has 0 aromatic carbocycles. The molecule has 1 saturated heterocycles. The lowest BCUT2D eigenvalue weighted by molar-refractivity contribution is -0.128. The van der Waals surface area contributed by atoms with E-state index in [0.717, 1.165) is 12.4 Å². The summed E-state index contributed by atoms with van der Waals surface area (Å²) < 4.78 is 5.74. The van der Waals surface area contributed by atoms with Crippen molar-refractivity contribution in [1.82, 2.24) is 20.4 Å². The summed E-state index contributed by atoms with van der Waals surface area (Å²) in [6, 6.07) is 3.51. The maximum atomic E-state index is 12.0. The molecule has 1 amide bonds. The minimum Gasteiger partial charge on any atom is -0.374 e. The van der Waals surface area contributed by atoms with E-state index in [1.165, 1.54) is 0 Å². The average Bonchev–Trinajstić information content (AvgIpc) is 2.58. The molecule has 0 spiro atoms. The highest BCUT2D eigenvalue weighted by molar-refractivity contribution is 5.81. The Morgan fingerprint density at radius 2 is 2.55 bits per heavy atom. The molecule has 0 bridgehead atoms. The predicted octanol–water partition coefficient (Wildman–Crippen LogP) is 0.280. The quantitative estimate of drug-likeness (QED) is 0.705. The van der Waals surface area contributed by atoms with Crippen molar-refractivity contribution in [2.24, 2.45) is 0 Å². The Kier molecular flexibility index (Phi) is 6.29. The highest BCUT2D eigenvalue weighted by atomic mass is 16.5. The van der Waals surface area contributed by atoms with Gasteiger partial charge in [-0.1, -0.05) is 6.08 Å². The van der Waals surface area contributed by atoms with Gasteiger partial charge in [-0.05, 0) is 19.1 Å². The standard InChI is InChI=1S/C15H23N5O2/c1-3-6-16-15(21)12(2)20-8-9-22-13(11-20)10-17-14-5-4-7-18-19-14/h3-5,7,12-13H,1,6,8-11H2,2H3,(H,16,21)(H,17,19)/t12-,13+/m0/s1. The van der Waals surface area contributed by atoms with Crippen LogP contribution in [0, 0.1) is 0 Å². The first-order chi connectivity index (χ1) is 10.7. The molecule has 1 aromatic heterocycles. The fourth-order valence-electron chi connectivity index (χ4n) is 2.32. The maximum absolute atomic E-state index is 12.0. The second-order valence-electron chi connectivity index (χ2n) is 5.19. The molecular formula is C15H23N5O2. The summed E-state index contributed by atoms with van der Waals surface area (Å²) in [5.74, 6) is 0.738. The largest absolute Gasteiger partial charge is 0.374 e. The summed E-state index contributed by atoms with van der Waals surface area (Å²) in [5, 5.41) is 13.8. The lowest BCUT2D eigenvalue weighted by atomic mass is 10.2. The monoisotopic (exact) mass is 305 g/mol. The molecule has 120 valence electrons. The Morgan fingerprint density at radius 3 is 3.27 bits per heavy atom. The number of amides is 1. The topological polar surface area (TPSA) is 79.4 Å². The molecule has 1 aromatic rings. The van der Waals surface area contributed by atoms with Crippen LogP contribution in [0.25, 0.3) is 0 Å². The van der Waals surface area contributed by atoms with Gasteiger partial charge in [-0.25, -0.2) is 0 Å². The molecule has 1 aliphatic rings. The Morgan fingerprint density at radius 1 is 1.68 bits per heavy atom. The van der Waals surface area contributed by atoms with Crippen LogP contribution in [0.1, 0.15) is 6.92 Å². The molecule has 1 aliphatic heterocycles. The summed E-state index contributed by atoms with van der Waals surface area (Å²) in [4.78, 5) is 14.1. The zero-order chi connectivity index (χ0) is 15.8. The van der Waals surface area contributed by atoms with E-state index in [9.17, 15) is 4.79 Å². The van der Waals surface area contributed by atoms with Crippen LogP contribution in [-0.2, 0) is 9.53 Å². The molecule has 0 radical (unpaired) electrons. The van der Waals surface area contributed by atoms with E-state index in [2.05, 4.69) is 32.3 Å². The van der Waals surface area contributed by atoms with Crippen molar-refractivity contribution in [3.8, 4) is 0 Å². The van der Waals surface area contributed by atoms with Gasteiger partial charge in [0.1, 0.15) is 5.82 Å². The first-order valence-corrected chi connectivity index (χ1v) is 7.46. The Hall–Kier alpha value is -1.99. The minimum absolute atomic E-state index is 0.0161. The molecule has 1 fully saturated rings. The van der Waals surface area contributed by atoms with Gasteiger partial charge in [0.2, 0.25) is 5.91 Å². The molecule has 22 heavy (non-hydrogen) atoms. The molecule has 2 rings (SSSR count). The van der Waals surface area contributed by atoms with Crippen LogP contribution in [0.4, 0.5) is 5.82 Å². The number of ether oxygens (including phenoxy) is 1. The Labute approximate surface area is 130 Å².